The molecule has 0 heterocycles. The fraction of sp³-hybridized carbons (Fsp3) is 0.857. The lowest BCUT2D eigenvalue weighted by atomic mass is 10.4. The van der Waals surface area contributed by atoms with Crippen molar-refractivity contribution < 1.29 is 18.3 Å². The zero-order chi connectivity index (χ0) is 11.4. The van der Waals surface area contributed by atoms with E-state index in [1.54, 1.807) is 13.8 Å². The SMILES string of the molecule is CC(C)N(C)S(=O)(=O)NCCC(=O)O. The van der Waals surface area contributed by atoms with E-state index in [1.165, 1.54) is 7.05 Å². The minimum absolute atomic E-state index is 0.0886. The number of aliphatic carboxylic acids is 1. The molecule has 0 radical (unpaired) electrons. The topological polar surface area (TPSA) is 86.7 Å². The van der Waals surface area contributed by atoms with E-state index in [9.17, 15) is 13.2 Å². The standard InChI is InChI=1S/C7H16N2O4S/c1-6(2)9(3)14(12,13)8-5-4-7(10)11/h6,8H,4-5H2,1-3H3,(H,10,11). The maximum atomic E-state index is 11.4. The second-order valence-corrected chi connectivity index (χ2v) is 4.97. The van der Waals surface area contributed by atoms with Gasteiger partial charge in [0.25, 0.3) is 10.2 Å². The maximum Gasteiger partial charge on any atom is 0.304 e. The van der Waals surface area contributed by atoms with Crippen molar-refractivity contribution in [1.82, 2.24) is 9.03 Å². The van der Waals surface area contributed by atoms with Crippen LogP contribution in [0.1, 0.15) is 20.3 Å². The van der Waals surface area contributed by atoms with Crippen molar-refractivity contribution in [3.8, 4) is 0 Å². The van der Waals surface area contributed by atoms with Crippen LogP contribution in [0, 0.1) is 0 Å². The molecule has 0 spiro atoms. The Labute approximate surface area is 84.1 Å². The molecule has 0 aliphatic heterocycles. The molecule has 6 nitrogen and oxygen atoms in total. The second-order valence-electron chi connectivity index (χ2n) is 3.15. The van der Waals surface area contributed by atoms with Crippen molar-refractivity contribution in [2.75, 3.05) is 13.6 Å². The quantitative estimate of drug-likeness (QED) is 0.645. The summed E-state index contributed by atoms with van der Waals surface area (Å²) < 4.78 is 26.1. The third kappa shape index (κ3) is 4.54. The van der Waals surface area contributed by atoms with Crippen LogP contribution in [-0.4, -0.2) is 43.4 Å². The largest absolute Gasteiger partial charge is 0.481 e. The summed E-state index contributed by atoms with van der Waals surface area (Å²) in [5, 5.41) is 8.31. The van der Waals surface area contributed by atoms with Crippen molar-refractivity contribution >= 4 is 16.2 Å². The highest BCUT2D eigenvalue weighted by Gasteiger charge is 2.19. The molecule has 0 unspecified atom stereocenters. The van der Waals surface area contributed by atoms with Crippen molar-refractivity contribution in [1.29, 1.82) is 0 Å². The molecule has 0 fully saturated rings. The minimum atomic E-state index is -3.54. The highest BCUT2D eigenvalue weighted by atomic mass is 32.2. The number of carboxylic acids is 1. The number of rotatable bonds is 6. The summed E-state index contributed by atoms with van der Waals surface area (Å²) in [6, 6.07) is -0.155. The first kappa shape index (κ1) is 13.3. The molecule has 2 N–H and O–H groups in total. The molecule has 0 bridgehead atoms. The highest BCUT2D eigenvalue weighted by molar-refractivity contribution is 7.87. The first-order valence-corrected chi connectivity index (χ1v) is 5.66. The summed E-state index contributed by atoms with van der Waals surface area (Å²) in [6.07, 6.45) is -0.217. The van der Waals surface area contributed by atoms with E-state index in [4.69, 9.17) is 5.11 Å². The third-order valence-electron chi connectivity index (χ3n) is 1.73. The van der Waals surface area contributed by atoms with E-state index in [-0.39, 0.29) is 19.0 Å². The number of hydrogen-bond donors (Lipinski definition) is 2. The van der Waals surface area contributed by atoms with Crippen LogP contribution in [-0.2, 0) is 15.0 Å². The van der Waals surface area contributed by atoms with E-state index in [1.807, 2.05) is 0 Å². The van der Waals surface area contributed by atoms with Crippen LogP contribution in [0.3, 0.4) is 0 Å². The van der Waals surface area contributed by atoms with Gasteiger partial charge in [0.1, 0.15) is 0 Å². The van der Waals surface area contributed by atoms with Crippen LogP contribution < -0.4 is 4.72 Å². The number of carbonyl (C=O) groups is 1. The fourth-order valence-corrected chi connectivity index (χ4v) is 1.79. The van der Waals surface area contributed by atoms with E-state index in [0.717, 1.165) is 4.31 Å². The number of nitrogens with zero attached hydrogens (tertiary/aromatic N) is 1. The first-order chi connectivity index (χ1) is 6.27. The predicted molar refractivity (Wildman–Crippen MR) is 52.1 cm³/mol. The molecule has 0 atom stereocenters. The van der Waals surface area contributed by atoms with Gasteiger partial charge in [-0.25, -0.2) is 4.72 Å². The van der Waals surface area contributed by atoms with E-state index in [2.05, 4.69) is 4.72 Å². The van der Waals surface area contributed by atoms with Gasteiger partial charge in [-0.3, -0.25) is 4.79 Å². The van der Waals surface area contributed by atoms with E-state index < -0.39 is 16.2 Å². The Hall–Kier alpha value is -0.660. The fourth-order valence-electron chi connectivity index (χ4n) is 0.666. The molecular weight excluding hydrogens is 208 g/mol. The molecule has 0 aromatic rings. The van der Waals surface area contributed by atoms with Gasteiger partial charge in [-0.15, -0.1) is 0 Å². The minimum Gasteiger partial charge on any atom is -0.481 e. The summed E-state index contributed by atoms with van der Waals surface area (Å²) in [6.45, 7) is 3.38. The van der Waals surface area contributed by atoms with Crippen molar-refractivity contribution in [2.24, 2.45) is 0 Å². The van der Waals surface area contributed by atoms with Gasteiger partial charge in [0, 0.05) is 19.6 Å². The summed E-state index contributed by atoms with van der Waals surface area (Å²) in [5.74, 6) is -1.03. The van der Waals surface area contributed by atoms with Gasteiger partial charge in [0.2, 0.25) is 0 Å². The smallest absolute Gasteiger partial charge is 0.304 e. The molecular formula is C7H16N2O4S. The van der Waals surface area contributed by atoms with Gasteiger partial charge in [0.05, 0.1) is 6.42 Å². The van der Waals surface area contributed by atoms with Crippen LogP contribution in [0.2, 0.25) is 0 Å². The molecule has 84 valence electrons. The predicted octanol–water partition coefficient (Wildman–Crippen LogP) is -0.364. The molecule has 0 amide bonds. The average molecular weight is 224 g/mol. The summed E-state index contributed by atoms with van der Waals surface area (Å²) >= 11 is 0. The molecule has 0 saturated heterocycles. The molecule has 0 rings (SSSR count). The van der Waals surface area contributed by atoms with Crippen LogP contribution in [0.25, 0.3) is 0 Å². The zero-order valence-electron chi connectivity index (χ0n) is 8.52. The van der Waals surface area contributed by atoms with Crippen molar-refractivity contribution in [3.05, 3.63) is 0 Å². The van der Waals surface area contributed by atoms with Gasteiger partial charge < -0.3 is 5.11 Å². The number of hydrogen-bond acceptors (Lipinski definition) is 3. The number of nitrogens with one attached hydrogen (secondary N) is 1. The Morgan fingerprint density at radius 2 is 2.00 bits per heavy atom. The Bertz CT molecular complexity index is 286. The molecule has 7 heteroatoms. The molecule has 0 aromatic carbocycles. The summed E-state index contributed by atoms with van der Waals surface area (Å²) in [4.78, 5) is 10.1. The van der Waals surface area contributed by atoms with Gasteiger partial charge in [-0.1, -0.05) is 0 Å². The Morgan fingerprint density at radius 3 is 2.36 bits per heavy atom. The average Bonchev–Trinajstić information content (AvgIpc) is 2.01. The van der Waals surface area contributed by atoms with Crippen LogP contribution in [0.4, 0.5) is 0 Å². The Kier molecular flexibility index (Phi) is 5.03. The lowest BCUT2D eigenvalue weighted by molar-refractivity contribution is -0.136. The zero-order valence-corrected chi connectivity index (χ0v) is 9.34. The van der Waals surface area contributed by atoms with Crippen molar-refractivity contribution in [2.45, 2.75) is 26.3 Å². The number of carboxylic acid groups (broad SMARTS) is 1. The summed E-state index contributed by atoms with van der Waals surface area (Å²) in [5.41, 5.74) is 0. The van der Waals surface area contributed by atoms with E-state index in [0.29, 0.717) is 0 Å². The van der Waals surface area contributed by atoms with Gasteiger partial charge in [-0.2, -0.15) is 12.7 Å². The first-order valence-electron chi connectivity index (χ1n) is 4.21. The highest BCUT2D eigenvalue weighted by Crippen LogP contribution is 2.00. The molecule has 14 heavy (non-hydrogen) atoms. The Morgan fingerprint density at radius 1 is 1.50 bits per heavy atom. The van der Waals surface area contributed by atoms with Gasteiger partial charge >= 0.3 is 5.97 Å². The Balaban J connectivity index is 4.15. The molecule has 0 saturated carbocycles. The van der Waals surface area contributed by atoms with Crippen LogP contribution in [0.15, 0.2) is 0 Å². The van der Waals surface area contributed by atoms with Crippen molar-refractivity contribution in [3.63, 3.8) is 0 Å². The molecule has 0 aliphatic rings. The molecule has 0 aromatic heterocycles. The second kappa shape index (κ2) is 5.28. The summed E-state index contributed by atoms with van der Waals surface area (Å²) in [7, 11) is -2.10. The van der Waals surface area contributed by atoms with Crippen LogP contribution >= 0.6 is 0 Å². The normalized spacial score (nSPS) is 12.4. The monoisotopic (exact) mass is 224 g/mol. The van der Waals surface area contributed by atoms with Crippen LogP contribution in [0.5, 0.6) is 0 Å². The van der Waals surface area contributed by atoms with Gasteiger partial charge in [0.15, 0.2) is 0 Å². The lowest BCUT2D eigenvalue weighted by Gasteiger charge is -2.20. The lowest BCUT2D eigenvalue weighted by Crippen LogP contribution is -2.42. The van der Waals surface area contributed by atoms with Gasteiger partial charge in [-0.05, 0) is 13.8 Å². The maximum absolute atomic E-state index is 11.4. The third-order valence-corrected chi connectivity index (χ3v) is 3.48. The molecule has 0 aliphatic carbocycles. The van der Waals surface area contributed by atoms with E-state index >= 15 is 0 Å².